The number of carbonyl (C=O) groups is 1. The van der Waals surface area contributed by atoms with Crippen LogP contribution in [0.1, 0.15) is 18.4 Å². The van der Waals surface area contributed by atoms with Crippen molar-refractivity contribution < 1.29 is 14.3 Å². The molecule has 1 saturated carbocycles. The Bertz CT molecular complexity index is 521. The molecule has 1 aromatic carbocycles. The lowest BCUT2D eigenvalue weighted by Crippen LogP contribution is -2.49. The molecule has 100 valence electrons. The van der Waals surface area contributed by atoms with Gasteiger partial charge in [0.25, 0.3) is 0 Å². The van der Waals surface area contributed by atoms with E-state index in [0.717, 1.165) is 24.2 Å². The molecule has 0 atom stereocenters. The molecular formula is C14H16N2O3. The van der Waals surface area contributed by atoms with Crippen molar-refractivity contribution in [3.63, 3.8) is 0 Å². The maximum Gasteiger partial charge on any atom is 0.244 e. The van der Waals surface area contributed by atoms with Gasteiger partial charge in [0, 0.05) is 18.2 Å². The summed E-state index contributed by atoms with van der Waals surface area (Å²) in [5, 5.41) is 2.91. The van der Waals surface area contributed by atoms with Gasteiger partial charge in [0.15, 0.2) is 11.5 Å². The van der Waals surface area contributed by atoms with Crippen molar-refractivity contribution >= 4 is 12.0 Å². The number of hydrogen-bond acceptors (Lipinski definition) is 4. The monoisotopic (exact) mass is 260 g/mol. The first-order valence-electron chi connectivity index (χ1n) is 6.34. The Morgan fingerprint density at radius 3 is 2.89 bits per heavy atom. The van der Waals surface area contributed by atoms with Crippen molar-refractivity contribution in [1.82, 2.24) is 5.32 Å². The van der Waals surface area contributed by atoms with Crippen LogP contribution < -0.4 is 20.5 Å². The van der Waals surface area contributed by atoms with E-state index in [-0.39, 0.29) is 24.8 Å². The number of nitrogens with two attached hydrogens (primary N) is 1. The highest BCUT2D eigenvalue weighted by Crippen LogP contribution is 2.32. The van der Waals surface area contributed by atoms with E-state index in [2.05, 4.69) is 5.32 Å². The minimum atomic E-state index is -0.0884. The molecule has 3 rings (SSSR count). The maximum atomic E-state index is 11.7. The molecule has 2 aliphatic rings. The number of carbonyl (C=O) groups excluding carboxylic acids is 1. The van der Waals surface area contributed by atoms with Gasteiger partial charge in [-0.1, -0.05) is 6.07 Å². The predicted molar refractivity (Wildman–Crippen MR) is 70.7 cm³/mol. The zero-order valence-electron chi connectivity index (χ0n) is 10.5. The second kappa shape index (κ2) is 4.93. The fraction of sp³-hybridized carbons (Fsp3) is 0.357. The van der Waals surface area contributed by atoms with Crippen molar-refractivity contribution in [1.29, 1.82) is 0 Å². The number of rotatable bonds is 3. The van der Waals surface area contributed by atoms with Gasteiger partial charge in [0.1, 0.15) is 0 Å². The van der Waals surface area contributed by atoms with Crippen molar-refractivity contribution in [2.45, 2.75) is 24.9 Å². The molecule has 1 aliphatic carbocycles. The number of benzene rings is 1. The first-order chi connectivity index (χ1) is 9.20. The number of fused-ring (bicyclic) bond motifs is 1. The first-order valence-corrected chi connectivity index (χ1v) is 6.34. The third-order valence-electron chi connectivity index (χ3n) is 3.34. The molecule has 19 heavy (non-hydrogen) atoms. The molecule has 5 nitrogen and oxygen atoms in total. The Hall–Kier alpha value is -2.01. The minimum Gasteiger partial charge on any atom is -0.454 e. The summed E-state index contributed by atoms with van der Waals surface area (Å²) in [7, 11) is 0. The summed E-state index contributed by atoms with van der Waals surface area (Å²) in [5.41, 5.74) is 6.57. The number of amides is 1. The number of nitrogens with one attached hydrogen (secondary N) is 1. The molecule has 5 heteroatoms. The van der Waals surface area contributed by atoms with Crippen LogP contribution in [0, 0.1) is 0 Å². The van der Waals surface area contributed by atoms with Crippen molar-refractivity contribution in [3.05, 3.63) is 29.8 Å². The van der Waals surface area contributed by atoms with Gasteiger partial charge in [-0.3, -0.25) is 4.79 Å². The standard InChI is InChI=1S/C14H16N2O3/c15-10-6-11(7-10)16-14(17)4-2-9-1-3-12-13(5-9)19-8-18-12/h1-5,10-11H,6-8,15H2,(H,16,17)/b4-2+. The van der Waals surface area contributed by atoms with Crippen LogP contribution in [0.2, 0.25) is 0 Å². The van der Waals surface area contributed by atoms with Gasteiger partial charge in [-0.2, -0.15) is 0 Å². The summed E-state index contributed by atoms with van der Waals surface area (Å²) in [6.07, 6.45) is 5.02. The van der Waals surface area contributed by atoms with Crippen LogP contribution in [-0.4, -0.2) is 24.8 Å². The summed E-state index contributed by atoms with van der Waals surface area (Å²) >= 11 is 0. The van der Waals surface area contributed by atoms with E-state index in [1.807, 2.05) is 18.2 Å². The van der Waals surface area contributed by atoms with Gasteiger partial charge in [-0.25, -0.2) is 0 Å². The van der Waals surface area contributed by atoms with Crippen LogP contribution in [0.25, 0.3) is 6.08 Å². The molecule has 0 bridgehead atoms. The van der Waals surface area contributed by atoms with Crippen LogP contribution >= 0.6 is 0 Å². The SMILES string of the molecule is NC1CC(NC(=O)/C=C/c2ccc3c(c2)OCO3)C1. The molecule has 1 heterocycles. The molecule has 0 unspecified atom stereocenters. The van der Waals surface area contributed by atoms with Gasteiger partial charge in [0.05, 0.1) is 0 Å². The highest BCUT2D eigenvalue weighted by molar-refractivity contribution is 5.92. The zero-order chi connectivity index (χ0) is 13.2. The molecular weight excluding hydrogens is 244 g/mol. The van der Waals surface area contributed by atoms with E-state index < -0.39 is 0 Å². The second-order valence-electron chi connectivity index (χ2n) is 4.88. The smallest absolute Gasteiger partial charge is 0.244 e. The fourth-order valence-corrected chi connectivity index (χ4v) is 2.22. The van der Waals surface area contributed by atoms with Crippen LogP contribution in [0.4, 0.5) is 0 Å². The molecule has 1 fully saturated rings. The number of hydrogen-bond donors (Lipinski definition) is 2. The third-order valence-corrected chi connectivity index (χ3v) is 3.34. The van der Waals surface area contributed by atoms with Crippen LogP contribution in [-0.2, 0) is 4.79 Å². The van der Waals surface area contributed by atoms with Crippen LogP contribution in [0.5, 0.6) is 11.5 Å². The summed E-state index contributed by atoms with van der Waals surface area (Å²) in [6.45, 7) is 0.255. The van der Waals surface area contributed by atoms with Gasteiger partial charge in [-0.15, -0.1) is 0 Å². The average Bonchev–Trinajstić information content (AvgIpc) is 2.81. The van der Waals surface area contributed by atoms with Gasteiger partial charge in [0.2, 0.25) is 12.7 Å². The molecule has 1 aliphatic heterocycles. The van der Waals surface area contributed by atoms with E-state index in [0.29, 0.717) is 5.75 Å². The lowest BCUT2D eigenvalue weighted by atomic mass is 9.88. The van der Waals surface area contributed by atoms with E-state index in [1.165, 1.54) is 6.08 Å². The summed E-state index contributed by atoms with van der Waals surface area (Å²) < 4.78 is 10.5. The Kier molecular flexibility index (Phi) is 3.13. The predicted octanol–water partition coefficient (Wildman–Crippen LogP) is 1.03. The third kappa shape index (κ3) is 2.71. The van der Waals surface area contributed by atoms with Crippen LogP contribution in [0.15, 0.2) is 24.3 Å². The Balaban J connectivity index is 1.58. The van der Waals surface area contributed by atoms with E-state index in [9.17, 15) is 4.79 Å². The minimum absolute atomic E-state index is 0.0884. The maximum absolute atomic E-state index is 11.7. The molecule has 3 N–H and O–H groups in total. The van der Waals surface area contributed by atoms with Gasteiger partial charge >= 0.3 is 0 Å². The highest BCUT2D eigenvalue weighted by Gasteiger charge is 2.26. The van der Waals surface area contributed by atoms with Gasteiger partial charge < -0.3 is 20.5 Å². The molecule has 1 aromatic rings. The Morgan fingerprint density at radius 1 is 1.32 bits per heavy atom. The van der Waals surface area contributed by atoms with Crippen molar-refractivity contribution in [3.8, 4) is 11.5 Å². The molecule has 0 spiro atoms. The lowest BCUT2D eigenvalue weighted by molar-refractivity contribution is -0.117. The highest BCUT2D eigenvalue weighted by atomic mass is 16.7. The summed E-state index contributed by atoms with van der Waals surface area (Å²) in [4.78, 5) is 11.7. The molecule has 0 aromatic heterocycles. The summed E-state index contributed by atoms with van der Waals surface area (Å²) in [5.74, 6) is 1.37. The molecule has 0 saturated heterocycles. The van der Waals surface area contributed by atoms with Crippen LogP contribution in [0.3, 0.4) is 0 Å². The largest absolute Gasteiger partial charge is 0.454 e. The topological polar surface area (TPSA) is 73.6 Å². The van der Waals surface area contributed by atoms with Crippen molar-refractivity contribution in [2.75, 3.05) is 6.79 Å². The first kappa shape index (κ1) is 12.0. The van der Waals surface area contributed by atoms with E-state index in [4.69, 9.17) is 15.2 Å². The molecule has 1 amide bonds. The average molecular weight is 260 g/mol. The zero-order valence-corrected chi connectivity index (χ0v) is 10.5. The Labute approximate surface area is 111 Å². The normalized spacial score (nSPS) is 24.3. The summed E-state index contributed by atoms with van der Waals surface area (Å²) in [6, 6.07) is 6.04. The van der Waals surface area contributed by atoms with E-state index in [1.54, 1.807) is 6.08 Å². The quantitative estimate of drug-likeness (QED) is 0.796. The molecule has 0 radical (unpaired) electrons. The number of ether oxygens (including phenoxy) is 2. The lowest BCUT2D eigenvalue weighted by Gasteiger charge is -2.32. The van der Waals surface area contributed by atoms with E-state index >= 15 is 0 Å². The second-order valence-corrected chi connectivity index (χ2v) is 4.88. The van der Waals surface area contributed by atoms with Crippen molar-refractivity contribution in [2.24, 2.45) is 5.73 Å². The fourth-order valence-electron chi connectivity index (χ4n) is 2.22. The van der Waals surface area contributed by atoms with Gasteiger partial charge in [-0.05, 0) is 36.6 Å². The Morgan fingerprint density at radius 2 is 2.11 bits per heavy atom.